The van der Waals surface area contributed by atoms with E-state index in [1.807, 2.05) is 12.3 Å². The Kier molecular flexibility index (Phi) is 1.95. The Balaban J connectivity index is 2.23. The summed E-state index contributed by atoms with van der Waals surface area (Å²) in [6, 6.07) is 8.37. The van der Waals surface area contributed by atoms with E-state index in [1.54, 1.807) is 0 Å². The van der Waals surface area contributed by atoms with Crippen molar-refractivity contribution in [2.45, 2.75) is 12.8 Å². The molecule has 0 fully saturated rings. The molecule has 0 N–H and O–H groups in total. The Morgan fingerprint density at radius 3 is 3.00 bits per heavy atom. The van der Waals surface area contributed by atoms with E-state index in [0.29, 0.717) is 0 Å². The second-order valence-corrected chi connectivity index (χ2v) is 3.84. The van der Waals surface area contributed by atoms with Crippen LogP contribution in [0.3, 0.4) is 0 Å². The molecule has 0 saturated heterocycles. The Labute approximate surface area is 89.8 Å². The maximum atomic E-state index is 4.45. The van der Waals surface area contributed by atoms with Crippen LogP contribution in [0.2, 0.25) is 0 Å². The summed E-state index contributed by atoms with van der Waals surface area (Å²) in [7, 11) is 0. The molecule has 15 heavy (non-hydrogen) atoms. The number of fused-ring (bicyclic) bond motifs is 2. The molecule has 2 aliphatic rings. The Hall–Kier alpha value is -1.76. The largest absolute Gasteiger partial charge is 0.256 e. The fourth-order valence-corrected chi connectivity index (χ4v) is 2.17. The number of hydrogen-bond donors (Lipinski definition) is 0. The van der Waals surface area contributed by atoms with E-state index in [1.165, 1.54) is 16.7 Å². The first-order valence-electron chi connectivity index (χ1n) is 5.31. The van der Waals surface area contributed by atoms with Crippen molar-refractivity contribution in [1.82, 2.24) is 5.32 Å². The van der Waals surface area contributed by atoms with E-state index in [-0.39, 0.29) is 0 Å². The predicted molar refractivity (Wildman–Crippen MR) is 62.7 cm³/mol. The molecule has 0 aromatic heterocycles. The molecule has 1 aliphatic carbocycles. The van der Waals surface area contributed by atoms with Crippen molar-refractivity contribution < 1.29 is 0 Å². The maximum Gasteiger partial charge on any atom is 0.0704 e. The summed E-state index contributed by atoms with van der Waals surface area (Å²) in [6.45, 7) is 0. The third-order valence-electron chi connectivity index (χ3n) is 2.90. The summed E-state index contributed by atoms with van der Waals surface area (Å²) >= 11 is 0. The molecule has 0 bridgehead atoms. The lowest BCUT2D eigenvalue weighted by Crippen LogP contribution is -1.94. The Bertz CT molecular complexity index is 478. The number of allylic oxidation sites excluding steroid dienone is 5. The van der Waals surface area contributed by atoms with Crippen molar-refractivity contribution in [3.05, 3.63) is 59.8 Å². The summed E-state index contributed by atoms with van der Waals surface area (Å²) in [4.78, 5) is 0. The van der Waals surface area contributed by atoms with Crippen LogP contribution in [0.5, 0.6) is 0 Å². The summed E-state index contributed by atoms with van der Waals surface area (Å²) in [6.07, 6.45) is 10.7. The van der Waals surface area contributed by atoms with Crippen LogP contribution >= 0.6 is 0 Å². The number of nitrogens with zero attached hydrogens (tertiary/aromatic N) is 1. The second-order valence-electron chi connectivity index (χ2n) is 3.84. The highest BCUT2D eigenvalue weighted by Gasteiger charge is 2.14. The topological polar surface area (TPSA) is 14.1 Å². The second kappa shape index (κ2) is 3.43. The monoisotopic (exact) mass is 194 g/mol. The molecule has 1 radical (unpaired) electrons. The summed E-state index contributed by atoms with van der Waals surface area (Å²) in [5.41, 5.74) is 5.14. The van der Waals surface area contributed by atoms with Crippen LogP contribution < -0.4 is 5.32 Å². The molecule has 0 spiro atoms. The summed E-state index contributed by atoms with van der Waals surface area (Å²) in [5, 5.41) is 4.45. The number of benzene rings is 1. The lowest BCUT2D eigenvalue weighted by molar-refractivity contribution is 1.04. The molecule has 1 aliphatic heterocycles. The molecule has 0 saturated carbocycles. The molecular weight excluding hydrogens is 182 g/mol. The minimum atomic E-state index is 1.09. The first-order valence-corrected chi connectivity index (χ1v) is 5.31. The highest BCUT2D eigenvalue weighted by Crippen LogP contribution is 2.35. The normalized spacial score (nSPS) is 17.9. The van der Waals surface area contributed by atoms with Crippen LogP contribution in [0.4, 0.5) is 5.69 Å². The minimum Gasteiger partial charge on any atom is -0.256 e. The standard InChI is InChI=1S/C14H12N/c1-2-6-12-11(5-1)9-10-15-14-8-4-3-7-13(12)14/h1,3-5,7-10H,2,6H2. The molecule has 1 aromatic rings. The van der Waals surface area contributed by atoms with E-state index in [0.717, 1.165) is 18.5 Å². The highest BCUT2D eigenvalue weighted by molar-refractivity contribution is 5.81. The Morgan fingerprint density at radius 2 is 2.00 bits per heavy atom. The van der Waals surface area contributed by atoms with Gasteiger partial charge in [0.1, 0.15) is 0 Å². The molecule has 0 atom stereocenters. The lowest BCUT2D eigenvalue weighted by atomic mass is 9.91. The van der Waals surface area contributed by atoms with Crippen LogP contribution in [-0.2, 0) is 0 Å². The van der Waals surface area contributed by atoms with E-state index in [4.69, 9.17) is 0 Å². The average molecular weight is 194 g/mol. The van der Waals surface area contributed by atoms with Gasteiger partial charge in [-0.2, -0.15) is 0 Å². The molecule has 0 unspecified atom stereocenters. The summed E-state index contributed by atoms with van der Waals surface area (Å²) in [5.74, 6) is 0. The minimum absolute atomic E-state index is 1.09. The van der Waals surface area contributed by atoms with E-state index in [9.17, 15) is 0 Å². The van der Waals surface area contributed by atoms with Crippen LogP contribution in [0.15, 0.2) is 54.3 Å². The van der Waals surface area contributed by atoms with Gasteiger partial charge < -0.3 is 0 Å². The van der Waals surface area contributed by atoms with Crippen LogP contribution in [-0.4, -0.2) is 0 Å². The van der Waals surface area contributed by atoms with Gasteiger partial charge in [0.05, 0.1) is 5.69 Å². The van der Waals surface area contributed by atoms with Gasteiger partial charge in [-0.15, -0.1) is 0 Å². The molecular formula is C14H12N. The van der Waals surface area contributed by atoms with Gasteiger partial charge in [-0.3, -0.25) is 5.32 Å². The van der Waals surface area contributed by atoms with Crippen molar-refractivity contribution in [3.63, 3.8) is 0 Å². The number of para-hydroxylation sites is 1. The van der Waals surface area contributed by atoms with Crippen LogP contribution in [0, 0.1) is 0 Å². The molecule has 1 nitrogen and oxygen atoms in total. The fraction of sp³-hybridized carbons (Fsp3) is 0.143. The van der Waals surface area contributed by atoms with Crippen molar-refractivity contribution in [3.8, 4) is 0 Å². The van der Waals surface area contributed by atoms with Crippen LogP contribution in [0.1, 0.15) is 18.4 Å². The molecule has 3 rings (SSSR count). The zero-order valence-corrected chi connectivity index (χ0v) is 8.48. The third-order valence-corrected chi connectivity index (χ3v) is 2.90. The van der Waals surface area contributed by atoms with Crippen molar-refractivity contribution in [1.29, 1.82) is 0 Å². The van der Waals surface area contributed by atoms with Gasteiger partial charge in [-0.05, 0) is 36.1 Å². The first-order chi connectivity index (χ1) is 7.45. The number of rotatable bonds is 0. The highest BCUT2D eigenvalue weighted by atomic mass is 14.8. The first kappa shape index (κ1) is 8.54. The molecule has 1 heterocycles. The third kappa shape index (κ3) is 1.40. The van der Waals surface area contributed by atoms with E-state index in [2.05, 4.69) is 41.7 Å². The van der Waals surface area contributed by atoms with Crippen molar-refractivity contribution >= 4 is 11.3 Å². The average Bonchev–Trinajstić information content (AvgIpc) is 2.48. The number of hydrogen-bond acceptors (Lipinski definition) is 0. The van der Waals surface area contributed by atoms with Gasteiger partial charge in [0, 0.05) is 11.8 Å². The molecule has 1 heteroatoms. The van der Waals surface area contributed by atoms with Gasteiger partial charge in [-0.25, -0.2) is 0 Å². The SMILES string of the molecule is C1=CC2=C(CC1)c1ccccc1[N]C=C2. The van der Waals surface area contributed by atoms with Gasteiger partial charge >= 0.3 is 0 Å². The molecule has 0 amide bonds. The zero-order chi connectivity index (χ0) is 10.1. The lowest BCUT2D eigenvalue weighted by Gasteiger charge is -2.14. The van der Waals surface area contributed by atoms with E-state index < -0.39 is 0 Å². The van der Waals surface area contributed by atoms with Crippen molar-refractivity contribution in [2.24, 2.45) is 0 Å². The fourth-order valence-electron chi connectivity index (χ4n) is 2.17. The van der Waals surface area contributed by atoms with Gasteiger partial charge in [0.25, 0.3) is 0 Å². The zero-order valence-electron chi connectivity index (χ0n) is 8.48. The van der Waals surface area contributed by atoms with Gasteiger partial charge in [0.15, 0.2) is 0 Å². The maximum absolute atomic E-state index is 4.45. The smallest absolute Gasteiger partial charge is 0.0704 e. The van der Waals surface area contributed by atoms with Crippen LogP contribution in [0.25, 0.3) is 5.57 Å². The van der Waals surface area contributed by atoms with Crippen molar-refractivity contribution in [2.75, 3.05) is 0 Å². The van der Waals surface area contributed by atoms with Gasteiger partial charge in [0.2, 0.25) is 0 Å². The van der Waals surface area contributed by atoms with E-state index >= 15 is 0 Å². The summed E-state index contributed by atoms with van der Waals surface area (Å²) < 4.78 is 0. The predicted octanol–water partition coefficient (Wildman–Crippen LogP) is 3.55. The molecule has 1 aromatic carbocycles. The van der Waals surface area contributed by atoms with Gasteiger partial charge in [-0.1, -0.05) is 30.4 Å². The quantitative estimate of drug-likeness (QED) is 0.599. The Morgan fingerprint density at radius 1 is 1.07 bits per heavy atom. The molecule has 73 valence electrons.